The van der Waals surface area contributed by atoms with Gasteiger partial charge in [-0.1, -0.05) is 39.0 Å². The largest absolute Gasteiger partial charge is 0.373 e. The maximum atomic E-state index is 13.2. The van der Waals surface area contributed by atoms with Crippen molar-refractivity contribution in [3.05, 3.63) is 52.2 Å². The Balaban J connectivity index is 1.82. The van der Waals surface area contributed by atoms with Crippen molar-refractivity contribution in [1.82, 2.24) is 4.31 Å². The van der Waals surface area contributed by atoms with Gasteiger partial charge in [-0.3, -0.25) is 0 Å². The second-order valence-corrected chi connectivity index (χ2v) is 11.1. The molecule has 1 aromatic carbocycles. The van der Waals surface area contributed by atoms with Crippen molar-refractivity contribution in [2.75, 3.05) is 20.2 Å². The Morgan fingerprint density at radius 2 is 1.78 bits per heavy atom. The minimum atomic E-state index is -3.49. The number of thiophene rings is 1. The van der Waals surface area contributed by atoms with Gasteiger partial charge in [-0.2, -0.15) is 4.31 Å². The molecule has 0 bridgehead atoms. The lowest BCUT2D eigenvalue weighted by molar-refractivity contribution is -0.0229. The number of methoxy groups -OCH3 is 1. The van der Waals surface area contributed by atoms with Gasteiger partial charge in [-0.25, -0.2) is 8.42 Å². The van der Waals surface area contributed by atoms with E-state index in [1.54, 1.807) is 34.9 Å². The molecular weight excluding hydrogens is 378 g/mol. The lowest BCUT2D eigenvalue weighted by Gasteiger charge is -2.30. The summed E-state index contributed by atoms with van der Waals surface area (Å²) in [4.78, 5) is 1.55. The molecule has 0 aliphatic carbocycles. The Kier molecular flexibility index (Phi) is 5.82. The van der Waals surface area contributed by atoms with Gasteiger partial charge in [-0.15, -0.1) is 11.3 Å². The highest BCUT2D eigenvalue weighted by molar-refractivity contribution is 7.89. The van der Waals surface area contributed by atoms with E-state index in [1.807, 2.05) is 23.6 Å². The maximum Gasteiger partial charge on any atom is 0.243 e. The van der Waals surface area contributed by atoms with Crippen LogP contribution in [0.5, 0.6) is 0 Å². The number of benzene rings is 1. The van der Waals surface area contributed by atoms with Crippen LogP contribution in [0.2, 0.25) is 0 Å². The Labute approximate surface area is 167 Å². The smallest absolute Gasteiger partial charge is 0.243 e. The van der Waals surface area contributed by atoms with Crippen molar-refractivity contribution in [2.45, 2.75) is 55.9 Å². The third-order valence-electron chi connectivity index (χ3n) is 5.47. The number of hydrogen-bond donors (Lipinski definition) is 0. The summed E-state index contributed by atoms with van der Waals surface area (Å²) in [5.74, 6) is 0. The average molecular weight is 408 g/mol. The van der Waals surface area contributed by atoms with E-state index in [0.717, 1.165) is 18.4 Å². The van der Waals surface area contributed by atoms with Crippen LogP contribution in [0, 0.1) is 0 Å². The number of ether oxygens (including phenoxy) is 1. The van der Waals surface area contributed by atoms with Crippen LogP contribution in [0.3, 0.4) is 0 Å². The molecule has 0 saturated carbocycles. The standard InChI is InChI=1S/C21H29NO3S2/c1-20(2,3)17-8-10-18(11-9-17)27(23,24)22-14-6-12-21(25-4,13-15-22)19-7-5-16-26-19/h5,7-11,16H,6,12-15H2,1-4H3. The Morgan fingerprint density at radius 3 is 2.33 bits per heavy atom. The highest BCUT2D eigenvalue weighted by atomic mass is 32.2. The lowest BCUT2D eigenvalue weighted by atomic mass is 9.87. The van der Waals surface area contributed by atoms with Gasteiger partial charge >= 0.3 is 0 Å². The maximum absolute atomic E-state index is 13.2. The fourth-order valence-electron chi connectivity index (χ4n) is 3.69. The quantitative estimate of drug-likeness (QED) is 0.734. The Bertz CT molecular complexity index is 852. The summed E-state index contributed by atoms with van der Waals surface area (Å²) in [6, 6.07) is 11.4. The predicted molar refractivity (Wildman–Crippen MR) is 111 cm³/mol. The highest BCUT2D eigenvalue weighted by Crippen LogP contribution is 2.39. The molecule has 3 rings (SSSR count). The van der Waals surface area contributed by atoms with E-state index in [1.165, 1.54) is 4.88 Å². The fourth-order valence-corrected chi connectivity index (χ4v) is 6.13. The van der Waals surface area contributed by atoms with Crippen molar-refractivity contribution < 1.29 is 13.2 Å². The SMILES string of the molecule is COC1(c2cccs2)CCCN(S(=O)(=O)c2ccc(C(C)(C)C)cc2)CC1. The summed E-state index contributed by atoms with van der Waals surface area (Å²) in [6.45, 7) is 7.37. The topological polar surface area (TPSA) is 46.6 Å². The van der Waals surface area contributed by atoms with Crippen LogP contribution in [0.15, 0.2) is 46.7 Å². The van der Waals surface area contributed by atoms with Crippen LogP contribution >= 0.6 is 11.3 Å². The molecule has 1 fully saturated rings. The first-order chi connectivity index (χ1) is 12.7. The van der Waals surface area contributed by atoms with Crippen LogP contribution < -0.4 is 0 Å². The molecule has 1 aromatic heterocycles. The van der Waals surface area contributed by atoms with Gasteiger partial charge in [0.2, 0.25) is 10.0 Å². The van der Waals surface area contributed by atoms with Gasteiger partial charge in [0.25, 0.3) is 0 Å². The van der Waals surface area contributed by atoms with Crippen molar-refractivity contribution >= 4 is 21.4 Å². The molecule has 0 radical (unpaired) electrons. The van der Waals surface area contributed by atoms with Crippen LogP contribution in [0.4, 0.5) is 0 Å². The van der Waals surface area contributed by atoms with Crippen LogP contribution in [-0.4, -0.2) is 32.9 Å². The molecule has 27 heavy (non-hydrogen) atoms. The van der Waals surface area contributed by atoms with Gasteiger partial charge in [0, 0.05) is 25.1 Å². The third kappa shape index (κ3) is 4.14. The molecule has 6 heteroatoms. The minimum absolute atomic E-state index is 0.00364. The molecule has 1 aliphatic rings. The molecule has 2 heterocycles. The normalized spacial score (nSPS) is 22.5. The average Bonchev–Trinajstić information content (AvgIpc) is 3.08. The molecule has 1 saturated heterocycles. The number of nitrogens with zero attached hydrogens (tertiary/aromatic N) is 1. The summed E-state index contributed by atoms with van der Waals surface area (Å²) in [7, 11) is -1.76. The highest BCUT2D eigenvalue weighted by Gasteiger charge is 2.38. The summed E-state index contributed by atoms with van der Waals surface area (Å²) in [5.41, 5.74) is 0.756. The number of hydrogen-bond acceptors (Lipinski definition) is 4. The van der Waals surface area contributed by atoms with Crippen molar-refractivity contribution in [3.8, 4) is 0 Å². The third-order valence-corrected chi connectivity index (χ3v) is 8.44. The molecule has 2 aromatic rings. The molecule has 148 valence electrons. The molecule has 4 nitrogen and oxygen atoms in total. The van der Waals surface area contributed by atoms with E-state index in [9.17, 15) is 8.42 Å². The lowest BCUT2D eigenvalue weighted by Crippen LogP contribution is -2.34. The monoisotopic (exact) mass is 407 g/mol. The van der Waals surface area contributed by atoms with E-state index in [0.29, 0.717) is 24.4 Å². The van der Waals surface area contributed by atoms with Crippen LogP contribution in [0.1, 0.15) is 50.5 Å². The zero-order valence-electron chi connectivity index (χ0n) is 16.6. The molecule has 1 atom stereocenters. The Hall–Kier alpha value is -1.21. The first-order valence-corrected chi connectivity index (χ1v) is 11.7. The minimum Gasteiger partial charge on any atom is -0.373 e. The van der Waals surface area contributed by atoms with Gasteiger partial charge in [0.05, 0.1) is 4.90 Å². The van der Waals surface area contributed by atoms with Gasteiger partial charge in [0.15, 0.2) is 0 Å². The molecule has 0 amide bonds. The van der Waals surface area contributed by atoms with Crippen molar-refractivity contribution in [3.63, 3.8) is 0 Å². The van der Waals surface area contributed by atoms with Gasteiger partial charge < -0.3 is 4.74 Å². The second-order valence-electron chi connectivity index (χ2n) is 8.21. The van der Waals surface area contributed by atoms with Gasteiger partial charge in [0.1, 0.15) is 5.60 Å². The zero-order chi connectivity index (χ0) is 19.7. The van der Waals surface area contributed by atoms with Crippen LogP contribution in [-0.2, 0) is 25.8 Å². The number of rotatable bonds is 4. The number of sulfonamides is 1. The van der Waals surface area contributed by atoms with E-state index in [-0.39, 0.29) is 11.0 Å². The van der Waals surface area contributed by atoms with Gasteiger partial charge in [-0.05, 0) is 53.8 Å². The molecule has 1 unspecified atom stereocenters. The van der Waals surface area contributed by atoms with E-state index >= 15 is 0 Å². The van der Waals surface area contributed by atoms with Crippen LogP contribution in [0.25, 0.3) is 0 Å². The first kappa shape index (κ1) is 20.5. The fraction of sp³-hybridized carbons (Fsp3) is 0.524. The molecule has 0 spiro atoms. The molecule has 0 N–H and O–H groups in total. The van der Waals surface area contributed by atoms with E-state index in [2.05, 4.69) is 26.8 Å². The van der Waals surface area contributed by atoms with E-state index in [4.69, 9.17) is 4.74 Å². The summed E-state index contributed by atoms with van der Waals surface area (Å²) in [6.07, 6.45) is 2.29. The Morgan fingerprint density at radius 1 is 1.07 bits per heavy atom. The van der Waals surface area contributed by atoms with Crippen molar-refractivity contribution in [2.24, 2.45) is 0 Å². The summed E-state index contributed by atoms with van der Waals surface area (Å²) >= 11 is 1.68. The summed E-state index contributed by atoms with van der Waals surface area (Å²) in [5, 5.41) is 2.05. The zero-order valence-corrected chi connectivity index (χ0v) is 18.2. The summed E-state index contributed by atoms with van der Waals surface area (Å²) < 4.78 is 33.9. The molecular formula is C21H29NO3S2. The van der Waals surface area contributed by atoms with Crippen molar-refractivity contribution in [1.29, 1.82) is 0 Å². The predicted octanol–water partition coefficient (Wildman–Crippen LogP) is 4.76. The second kappa shape index (κ2) is 7.66. The first-order valence-electron chi connectivity index (χ1n) is 9.39. The van der Waals surface area contributed by atoms with E-state index < -0.39 is 10.0 Å². The molecule has 1 aliphatic heterocycles.